The zero-order valence-corrected chi connectivity index (χ0v) is 6.19. The quantitative estimate of drug-likeness (QED) is 0.584. The third-order valence-corrected chi connectivity index (χ3v) is 1.09. The van der Waals surface area contributed by atoms with Crippen molar-refractivity contribution in [2.75, 3.05) is 0 Å². The average molecular weight is 148 g/mol. The second-order valence-corrected chi connectivity index (χ2v) is 1.97. The number of ether oxygens (including phenoxy) is 1. The molecule has 0 spiro atoms. The molecule has 1 unspecified atom stereocenters. The molecule has 1 rings (SSSR count). The summed E-state index contributed by atoms with van der Waals surface area (Å²) in [5, 5.41) is 0. The molecule has 0 N–H and O–H groups in total. The normalized spacial score (nSPS) is 11.6. The van der Waals surface area contributed by atoms with Crippen molar-refractivity contribution in [1.82, 2.24) is 9.97 Å². The summed E-state index contributed by atoms with van der Waals surface area (Å²) in [7, 11) is 0. The molecule has 56 valence electrons. The number of terminal acetylenes is 1. The molecule has 0 aliphatic heterocycles. The molecule has 1 aromatic rings. The van der Waals surface area contributed by atoms with E-state index in [1.807, 2.05) is 0 Å². The highest BCUT2D eigenvalue weighted by Crippen LogP contribution is 2.03. The smallest absolute Gasteiger partial charge is 0.217 e. The Labute approximate surface area is 65.4 Å². The predicted molar refractivity (Wildman–Crippen MR) is 41.0 cm³/mol. The molecule has 0 aliphatic rings. The number of hydrogen-bond acceptors (Lipinski definition) is 3. The van der Waals surface area contributed by atoms with Crippen LogP contribution in [0.1, 0.15) is 6.92 Å². The molecule has 1 heterocycles. The molecule has 0 amide bonds. The van der Waals surface area contributed by atoms with Crippen LogP contribution in [0, 0.1) is 12.3 Å². The fourth-order valence-electron chi connectivity index (χ4n) is 0.563. The van der Waals surface area contributed by atoms with Crippen LogP contribution in [0.3, 0.4) is 0 Å². The largest absolute Gasteiger partial charge is 0.461 e. The highest BCUT2D eigenvalue weighted by atomic mass is 16.5. The molecule has 0 bridgehead atoms. The van der Waals surface area contributed by atoms with Crippen LogP contribution in [-0.4, -0.2) is 16.1 Å². The van der Waals surface area contributed by atoms with Crippen LogP contribution in [0.2, 0.25) is 0 Å². The van der Waals surface area contributed by atoms with Crippen molar-refractivity contribution < 1.29 is 4.74 Å². The molecule has 1 atom stereocenters. The Hall–Kier alpha value is -1.56. The average Bonchev–Trinajstić information content (AvgIpc) is 2.06. The van der Waals surface area contributed by atoms with Crippen molar-refractivity contribution in [3.63, 3.8) is 0 Å². The van der Waals surface area contributed by atoms with E-state index >= 15 is 0 Å². The third kappa shape index (κ3) is 2.26. The minimum Gasteiger partial charge on any atom is -0.461 e. The van der Waals surface area contributed by atoms with Gasteiger partial charge in [-0.15, -0.1) is 6.42 Å². The van der Waals surface area contributed by atoms with E-state index in [1.54, 1.807) is 19.2 Å². The van der Waals surface area contributed by atoms with Crippen LogP contribution in [0.5, 0.6) is 5.88 Å². The van der Waals surface area contributed by atoms with Crippen molar-refractivity contribution in [3.05, 3.63) is 18.6 Å². The van der Waals surface area contributed by atoms with E-state index in [9.17, 15) is 0 Å². The predicted octanol–water partition coefficient (Wildman–Crippen LogP) is 0.877. The minimum atomic E-state index is -0.245. The molecular weight excluding hydrogens is 140 g/mol. The first-order valence-corrected chi connectivity index (χ1v) is 3.21. The van der Waals surface area contributed by atoms with Crippen LogP contribution in [0.25, 0.3) is 0 Å². The van der Waals surface area contributed by atoms with E-state index in [1.165, 1.54) is 6.33 Å². The fraction of sp³-hybridized carbons (Fsp3) is 0.250. The molecular formula is C8H8N2O. The first kappa shape index (κ1) is 7.55. The van der Waals surface area contributed by atoms with Crippen molar-refractivity contribution in [2.45, 2.75) is 13.0 Å². The number of aromatic nitrogens is 2. The zero-order valence-electron chi connectivity index (χ0n) is 6.19. The number of rotatable bonds is 2. The van der Waals surface area contributed by atoms with E-state index in [0.717, 1.165) is 0 Å². The summed E-state index contributed by atoms with van der Waals surface area (Å²) in [6.07, 6.45) is 7.87. The molecule has 11 heavy (non-hydrogen) atoms. The Kier molecular flexibility index (Phi) is 2.45. The highest BCUT2D eigenvalue weighted by molar-refractivity contribution is 5.07. The lowest BCUT2D eigenvalue weighted by Crippen LogP contribution is -2.08. The van der Waals surface area contributed by atoms with Crippen molar-refractivity contribution >= 4 is 0 Å². The van der Waals surface area contributed by atoms with Gasteiger partial charge < -0.3 is 4.74 Å². The first-order chi connectivity index (χ1) is 5.33. The lowest BCUT2D eigenvalue weighted by molar-refractivity contribution is 0.267. The van der Waals surface area contributed by atoms with E-state index < -0.39 is 0 Å². The van der Waals surface area contributed by atoms with Gasteiger partial charge in [-0.05, 0) is 6.92 Å². The van der Waals surface area contributed by atoms with Crippen molar-refractivity contribution in [1.29, 1.82) is 0 Å². The van der Waals surface area contributed by atoms with Crippen LogP contribution in [-0.2, 0) is 0 Å². The maximum Gasteiger partial charge on any atom is 0.217 e. The summed E-state index contributed by atoms with van der Waals surface area (Å²) in [6, 6.07) is 1.66. The Morgan fingerprint density at radius 1 is 1.73 bits per heavy atom. The highest BCUT2D eigenvalue weighted by Gasteiger charge is 1.97. The molecule has 0 saturated heterocycles. The van der Waals surface area contributed by atoms with Gasteiger partial charge in [0.15, 0.2) is 6.10 Å². The Morgan fingerprint density at radius 3 is 3.09 bits per heavy atom. The van der Waals surface area contributed by atoms with Gasteiger partial charge >= 0.3 is 0 Å². The molecule has 0 aliphatic carbocycles. The van der Waals surface area contributed by atoms with E-state index in [4.69, 9.17) is 11.2 Å². The topological polar surface area (TPSA) is 35.0 Å². The monoisotopic (exact) mass is 148 g/mol. The summed E-state index contributed by atoms with van der Waals surface area (Å²) in [5.41, 5.74) is 0. The van der Waals surface area contributed by atoms with Crippen LogP contribution in [0.4, 0.5) is 0 Å². The van der Waals surface area contributed by atoms with Crippen molar-refractivity contribution in [2.24, 2.45) is 0 Å². The summed E-state index contributed by atoms with van der Waals surface area (Å²) in [5.74, 6) is 2.94. The van der Waals surface area contributed by atoms with Crippen LogP contribution in [0.15, 0.2) is 18.6 Å². The maximum atomic E-state index is 5.18. The molecule has 0 aromatic carbocycles. The van der Waals surface area contributed by atoms with Gasteiger partial charge in [0.05, 0.1) is 0 Å². The van der Waals surface area contributed by atoms with E-state index in [-0.39, 0.29) is 6.10 Å². The van der Waals surface area contributed by atoms with Gasteiger partial charge in [-0.25, -0.2) is 9.97 Å². The number of nitrogens with zero attached hydrogens (tertiary/aromatic N) is 2. The molecule has 3 nitrogen and oxygen atoms in total. The summed E-state index contributed by atoms with van der Waals surface area (Å²) in [6.45, 7) is 1.78. The van der Waals surface area contributed by atoms with Crippen LogP contribution >= 0.6 is 0 Å². The summed E-state index contributed by atoms with van der Waals surface area (Å²) >= 11 is 0. The molecule has 0 saturated carbocycles. The number of hydrogen-bond donors (Lipinski definition) is 0. The van der Waals surface area contributed by atoms with Gasteiger partial charge in [-0.2, -0.15) is 0 Å². The van der Waals surface area contributed by atoms with Gasteiger partial charge in [-0.1, -0.05) is 5.92 Å². The zero-order chi connectivity index (χ0) is 8.10. The van der Waals surface area contributed by atoms with Gasteiger partial charge in [0, 0.05) is 12.3 Å². The Bertz CT molecular complexity index is 253. The second-order valence-electron chi connectivity index (χ2n) is 1.97. The van der Waals surface area contributed by atoms with Gasteiger partial charge in [0.25, 0.3) is 0 Å². The first-order valence-electron chi connectivity index (χ1n) is 3.21. The standard InChI is InChI=1S/C8H8N2O/c1-3-7(2)11-8-4-5-9-6-10-8/h1,4-7H,2H3. The van der Waals surface area contributed by atoms with Gasteiger partial charge in [-0.3, -0.25) is 0 Å². The maximum absolute atomic E-state index is 5.18. The summed E-state index contributed by atoms with van der Waals surface area (Å²) in [4.78, 5) is 7.57. The van der Waals surface area contributed by atoms with E-state index in [2.05, 4.69) is 15.9 Å². The van der Waals surface area contributed by atoms with Gasteiger partial charge in [0.2, 0.25) is 5.88 Å². The molecule has 0 radical (unpaired) electrons. The van der Waals surface area contributed by atoms with Crippen LogP contribution < -0.4 is 4.74 Å². The Morgan fingerprint density at radius 2 is 2.55 bits per heavy atom. The lowest BCUT2D eigenvalue weighted by Gasteiger charge is -2.05. The fourth-order valence-corrected chi connectivity index (χ4v) is 0.563. The molecule has 3 heteroatoms. The lowest BCUT2D eigenvalue weighted by atomic mass is 10.4. The van der Waals surface area contributed by atoms with Crippen molar-refractivity contribution in [3.8, 4) is 18.2 Å². The van der Waals surface area contributed by atoms with Gasteiger partial charge in [0.1, 0.15) is 6.33 Å². The summed E-state index contributed by atoms with van der Waals surface area (Å²) < 4.78 is 5.18. The SMILES string of the molecule is C#CC(C)Oc1ccncn1. The molecule has 0 fully saturated rings. The second kappa shape index (κ2) is 3.57. The molecule has 1 aromatic heterocycles. The minimum absolute atomic E-state index is 0.245. The Balaban J connectivity index is 2.60. The van der Waals surface area contributed by atoms with E-state index in [0.29, 0.717) is 5.88 Å². The third-order valence-electron chi connectivity index (χ3n) is 1.09.